The predicted octanol–water partition coefficient (Wildman–Crippen LogP) is 4.42. The van der Waals surface area contributed by atoms with Gasteiger partial charge in [0.15, 0.2) is 0 Å². The van der Waals surface area contributed by atoms with Gasteiger partial charge in [-0.3, -0.25) is 4.79 Å². The van der Waals surface area contributed by atoms with Crippen molar-refractivity contribution in [3.05, 3.63) is 41.7 Å². The summed E-state index contributed by atoms with van der Waals surface area (Å²) in [6.07, 6.45) is 0.707. The Morgan fingerprint density at radius 3 is 2.19 bits per heavy atom. The highest BCUT2D eigenvalue weighted by Crippen LogP contribution is 2.28. The van der Waals surface area contributed by atoms with E-state index in [0.717, 1.165) is 11.1 Å². The molecular formula is C21H28FNO4. The van der Waals surface area contributed by atoms with Gasteiger partial charge in [0.1, 0.15) is 17.5 Å². The van der Waals surface area contributed by atoms with E-state index < -0.39 is 23.2 Å². The Bertz CT molecular complexity index is 726. The van der Waals surface area contributed by atoms with Gasteiger partial charge >= 0.3 is 12.1 Å². The van der Waals surface area contributed by atoms with E-state index in [9.17, 15) is 14.0 Å². The second-order valence-electron chi connectivity index (χ2n) is 8.70. The number of benzene rings is 1. The van der Waals surface area contributed by atoms with Gasteiger partial charge in [-0.25, -0.2) is 9.18 Å². The maximum absolute atomic E-state index is 13.3. The Morgan fingerprint density at radius 2 is 1.67 bits per heavy atom. The van der Waals surface area contributed by atoms with Gasteiger partial charge in [0.2, 0.25) is 0 Å². The molecular weight excluding hydrogens is 349 g/mol. The van der Waals surface area contributed by atoms with Crippen molar-refractivity contribution in [2.24, 2.45) is 5.41 Å². The lowest BCUT2D eigenvalue weighted by Gasteiger charge is -2.35. The van der Waals surface area contributed by atoms with Gasteiger partial charge in [0.25, 0.3) is 0 Å². The van der Waals surface area contributed by atoms with Crippen LogP contribution in [0.15, 0.2) is 30.3 Å². The first-order chi connectivity index (χ1) is 12.4. The standard InChI is InChI=1S/C21H28FNO4/c1-20(2,3)18(24)26-17-13-23(19(25)27-21(4,5)6)12-11-16(17)14-7-9-15(22)10-8-14/h7-11,17H,12-13H2,1-6H3. The van der Waals surface area contributed by atoms with Crippen molar-refractivity contribution in [1.29, 1.82) is 0 Å². The Hall–Kier alpha value is -2.37. The minimum Gasteiger partial charge on any atom is -0.455 e. The first kappa shape index (κ1) is 20.9. The van der Waals surface area contributed by atoms with Crippen LogP contribution in [0, 0.1) is 11.2 Å². The van der Waals surface area contributed by atoms with Crippen LogP contribution in [-0.2, 0) is 14.3 Å². The zero-order chi connectivity index (χ0) is 20.4. The van der Waals surface area contributed by atoms with Crippen LogP contribution >= 0.6 is 0 Å². The number of carbonyl (C=O) groups excluding carboxylic acids is 2. The third-order valence-corrected chi connectivity index (χ3v) is 3.96. The molecule has 148 valence electrons. The van der Waals surface area contributed by atoms with Gasteiger partial charge in [-0.15, -0.1) is 0 Å². The highest BCUT2D eigenvalue weighted by atomic mass is 19.1. The van der Waals surface area contributed by atoms with Crippen molar-refractivity contribution >= 4 is 17.6 Å². The summed E-state index contributed by atoms with van der Waals surface area (Å²) in [5.41, 5.74) is 0.219. The SMILES string of the molecule is CC(C)(C)OC(=O)N1CC=C(c2ccc(F)cc2)C(OC(=O)C(C)(C)C)C1. The first-order valence-corrected chi connectivity index (χ1v) is 9.02. The molecule has 1 aliphatic heterocycles. The number of amides is 1. The summed E-state index contributed by atoms with van der Waals surface area (Å²) >= 11 is 0. The van der Waals surface area contributed by atoms with Crippen molar-refractivity contribution in [3.63, 3.8) is 0 Å². The summed E-state index contributed by atoms with van der Waals surface area (Å²) in [7, 11) is 0. The fraction of sp³-hybridized carbons (Fsp3) is 0.524. The topological polar surface area (TPSA) is 55.8 Å². The molecule has 0 saturated carbocycles. The highest BCUT2D eigenvalue weighted by molar-refractivity contribution is 5.80. The average Bonchev–Trinajstić information content (AvgIpc) is 2.53. The molecule has 0 N–H and O–H groups in total. The molecule has 0 spiro atoms. The van der Waals surface area contributed by atoms with Crippen molar-refractivity contribution in [1.82, 2.24) is 4.90 Å². The lowest BCUT2D eigenvalue weighted by molar-refractivity contribution is -0.156. The molecule has 1 aliphatic rings. The van der Waals surface area contributed by atoms with Crippen LogP contribution in [0.5, 0.6) is 0 Å². The van der Waals surface area contributed by atoms with E-state index in [0.29, 0.717) is 6.54 Å². The average molecular weight is 377 g/mol. The number of hydrogen-bond acceptors (Lipinski definition) is 4. The highest BCUT2D eigenvalue weighted by Gasteiger charge is 2.34. The monoisotopic (exact) mass is 377 g/mol. The van der Waals surface area contributed by atoms with Crippen LogP contribution in [0.2, 0.25) is 0 Å². The van der Waals surface area contributed by atoms with Crippen molar-refractivity contribution in [3.8, 4) is 0 Å². The molecule has 2 rings (SSSR count). The zero-order valence-corrected chi connectivity index (χ0v) is 16.8. The number of ether oxygens (including phenoxy) is 2. The van der Waals surface area contributed by atoms with Crippen molar-refractivity contribution in [2.75, 3.05) is 13.1 Å². The summed E-state index contributed by atoms with van der Waals surface area (Å²) in [5, 5.41) is 0. The van der Waals surface area contributed by atoms with E-state index in [1.54, 1.807) is 53.7 Å². The second-order valence-corrected chi connectivity index (χ2v) is 8.70. The Kier molecular flexibility index (Phi) is 5.97. The Labute approximate surface area is 160 Å². The molecule has 0 saturated heterocycles. The molecule has 1 unspecified atom stereocenters. The molecule has 0 fully saturated rings. The minimum atomic E-state index is -0.678. The molecule has 0 aliphatic carbocycles. The minimum absolute atomic E-state index is 0.180. The zero-order valence-electron chi connectivity index (χ0n) is 16.8. The number of carbonyl (C=O) groups is 2. The van der Waals surface area contributed by atoms with Gasteiger partial charge in [-0.05, 0) is 64.8 Å². The lowest BCUT2D eigenvalue weighted by atomic mass is 9.94. The molecule has 1 heterocycles. The lowest BCUT2D eigenvalue weighted by Crippen LogP contribution is -2.46. The van der Waals surface area contributed by atoms with E-state index >= 15 is 0 Å². The van der Waals surface area contributed by atoms with Gasteiger partial charge in [0.05, 0.1) is 12.0 Å². The summed E-state index contributed by atoms with van der Waals surface area (Å²) in [6.45, 7) is 11.2. The van der Waals surface area contributed by atoms with Crippen LogP contribution in [0.4, 0.5) is 9.18 Å². The third-order valence-electron chi connectivity index (χ3n) is 3.96. The van der Waals surface area contributed by atoms with Crippen LogP contribution in [0.25, 0.3) is 5.57 Å². The quantitative estimate of drug-likeness (QED) is 0.716. The molecule has 0 radical (unpaired) electrons. The van der Waals surface area contributed by atoms with Crippen molar-refractivity contribution < 1.29 is 23.5 Å². The smallest absolute Gasteiger partial charge is 0.410 e. The largest absolute Gasteiger partial charge is 0.455 e. The number of nitrogens with zero attached hydrogens (tertiary/aromatic N) is 1. The fourth-order valence-corrected chi connectivity index (χ4v) is 2.54. The normalized spacial score (nSPS) is 18.0. The maximum atomic E-state index is 13.3. The van der Waals surface area contributed by atoms with Crippen LogP contribution in [0.3, 0.4) is 0 Å². The van der Waals surface area contributed by atoms with E-state index in [-0.39, 0.29) is 18.3 Å². The fourth-order valence-electron chi connectivity index (χ4n) is 2.54. The number of esters is 1. The molecule has 5 nitrogen and oxygen atoms in total. The van der Waals surface area contributed by atoms with Gasteiger partial charge in [0, 0.05) is 6.54 Å². The first-order valence-electron chi connectivity index (χ1n) is 9.02. The van der Waals surface area contributed by atoms with Gasteiger partial charge in [-0.1, -0.05) is 18.2 Å². The summed E-state index contributed by atoms with van der Waals surface area (Å²) < 4.78 is 24.4. The van der Waals surface area contributed by atoms with Crippen molar-refractivity contribution in [2.45, 2.75) is 53.2 Å². The molecule has 1 amide bonds. The molecule has 1 aromatic carbocycles. The summed E-state index contributed by atoms with van der Waals surface area (Å²) in [5.74, 6) is -0.708. The second kappa shape index (κ2) is 7.71. The molecule has 0 bridgehead atoms. The van der Waals surface area contributed by atoms with Crippen LogP contribution < -0.4 is 0 Å². The van der Waals surface area contributed by atoms with Crippen LogP contribution in [0.1, 0.15) is 47.1 Å². The predicted molar refractivity (Wildman–Crippen MR) is 102 cm³/mol. The van der Waals surface area contributed by atoms with Gasteiger partial charge < -0.3 is 14.4 Å². The third kappa shape index (κ3) is 5.81. The summed E-state index contributed by atoms with van der Waals surface area (Å²) in [6, 6.07) is 6.00. The van der Waals surface area contributed by atoms with E-state index in [4.69, 9.17) is 9.47 Å². The molecule has 0 aromatic heterocycles. The van der Waals surface area contributed by atoms with E-state index in [1.807, 2.05) is 6.08 Å². The Balaban J connectivity index is 2.28. The number of halogens is 1. The molecule has 6 heteroatoms. The number of hydrogen-bond donors (Lipinski definition) is 0. The van der Waals surface area contributed by atoms with E-state index in [1.165, 1.54) is 17.0 Å². The Morgan fingerprint density at radius 1 is 1.07 bits per heavy atom. The number of rotatable bonds is 2. The molecule has 1 aromatic rings. The maximum Gasteiger partial charge on any atom is 0.410 e. The summed E-state index contributed by atoms with van der Waals surface area (Å²) in [4.78, 5) is 26.3. The molecule has 1 atom stereocenters. The molecule has 27 heavy (non-hydrogen) atoms. The van der Waals surface area contributed by atoms with E-state index in [2.05, 4.69) is 0 Å². The van der Waals surface area contributed by atoms with Crippen LogP contribution in [-0.4, -0.2) is 41.8 Å². The van der Waals surface area contributed by atoms with Gasteiger partial charge in [-0.2, -0.15) is 0 Å².